The molecular weight excluding hydrogens is 356 g/mol. The standard InChI is InChI=1S/C23H24O3S/c1-4-25-18-12-8-11-16-21(18)26-19-14-23(2,3)13-17(24)20(19)22(16)27-15-9-6-5-7-10-15/h5-12,22H,4,13-14H2,1-3H3. The van der Waals surface area contributed by atoms with Gasteiger partial charge in [-0.15, -0.1) is 11.8 Å². The number of Topliss-reactive ketones (excluding diaryl/α,β-unsaturated/α-hetero) is 1. The van der Waals surface area contributed by atoms with Crippen LogP contribution in [0.25, 0.3) is 0 Å². The number of hydrogen-bond acceptors (Lipinski definition) is 4. The maximum Gasteiger partial charge on any atom is 0.173 e. The molecule has 0 bridgehead atoms. The van der Waals surface area contributed by atoms with Crippen molar-refractivity contribution in [1.82, 2.24) is 0 Å². The molecule has 2 aromatic rings. The van der Waals surface area contributed by atoms with Gasteiger partial charge in [0.2, 0.25) is 0 Å². The number of ketones is 1. The summed E-state index contributed by atoms with van der Waals surface area (Å²) in [5, 5.41) is -0.0739. The molecule has 4 heteroatoms. The second kappa shape index (κ2) is 7.08. The number of para-hydroxylation sites is 1. The molecule has 140 valence electrons. The van der Waals surface area contributed by atoms with Crippen molar-refractivity contribution in [3.8, 4) is 11.5 Å². The molecule has 1 aliphatic carbocycles. The van der Waals surface area contributed by atoms with Crippen LogP contribution in [0.2, 0.25) is 0 Å². The Kier molecular flexibility index (Phi) is 4.77. The van der Waals surface area contributed by atoms with Crippen LogP contribution < -0.4 is 9.47 Å². The van der Waals surface area contributed by atoms with Gasteiger partial charge in [-0.2, -0.15) is 0 Å². The van der Waals surface area contributed by atoms with Gasteiger partial charge < -0.3 is 9.47 Å². The van der Waals surface area contributed by atoms with Crippen molar-refractivity contribution >= 4 is 17.5 Å². The predicted molar refractivity (Wildman–Crippen MR) is 108 cm³/mol. The average Bonchev–Trinajstić information content (AvgIpc) is 2.62. The molecule has 27 heavy (non-hydrogen) atoms. The summed E-state index contributed by atoms with van der Waals surface area (Å²) in [6.45, 7) is 6.80. The zero-order chi connectivity index (χ0) is 19.0. The largest absolute Gasteiger partial charge is 0.490 e. The van der Waals surface area contributed by atoms with E-state index in [1.807, 2.05) is 37.3 Å². The summed E-state index contributed by atoms with van der Waals surface area (Å²) in [7, 11) is 0. The smallest absolute Gasteiger partial charge is 0.173 e. The van der Waals surface area contributed by atoms with E-state index in [1.54, 1.807) is 11.8 Å². The number of carbonyl (C=O) groups is 1. The maximum absolute atomic E-state index is 13.1. The highest BCUT2D eigenvalue weighted by Gasteiger charge is 2.42. The van der Waals surface area contributed by atoms with Gasteiger partial charge in [-0.05, 0) is 30.5 Å². The molecule has 3 nitrogen and oxygen atoms in total. The van der Waals surface area contributed by atoms with Gasteiger partial charge in [0.05, 0.1) is 17.4 Å². The molecular formula is C23H24O3S. The van der Waals surface area contributed by atoms with Crippen LogP contribution in [0.1, 0.15) is 44.4 Å². The molecule has 1 unspecified atom stereocenters. The molecule has 0 amide bonds. The highest BCUT2D eigenvalue weighted by molar-refractivity contribution is 7.99. The number of rotatable bonds is 4. The zero-order valence-electron chi connectivity index (χ0n) is 16.0. The normalized spacial score (nSPS) is 20.6. The molecule has 0 N–H and O–H groups in total. The van der Waals surface area contributed by atoms with E-state index in [-0.39, 0.29) is 16.4 Å². The van der Waals surface area contributed by atoms with Crippen molar-refractivity contribution < 1.29 is 14.3 Å². The third-order valence-electron chi connectivity index (χ3n) is 4.96. The Labute approximate surface area is 164 Å². The minimum Gasteiger partial charge on any atom is -0.490 e. The van der Waals surface area contributed by atoms with Crippen LogP contribution in [0.5, 0.6) is 11.5 Å². The Morgan fingerprint density at radius 1 is 1.11 bits per heavy atom. The number of fused-ring (bicyclic) bond motifs is 1. The van der Waals surface area contributed by atoms with Crippen molar-refractivity contribution in [2.75, 3.05) is 6.61 Å². The Balaban J connectivity index is 1.84. The van der Waals surface area contributed by atoms with E-state index in [0.717, 1.165) is 39.7 Å². The number of allylic oxidation sites excluding steroid dienone is 1. The Hall–Kier alpha value is -2.20. The lowest BCUT2D eigenvalue weighted by Gasteiger charge is -2.38. The Morgan fingerprint density at radius 2 is 1.89 bits per heavy atom. The van der Waals surface area contributed by atoms with Crippen LogP contribution >= 0.6 is 11.8 Å². The first kappa shape index (κ1) is 18.2. The van der Waals surface area contributed by atoms with Gasteiger partial charge in [0.1, 0.15) is 5.76 Å². The van der Waals surface area contributed by atoms with E-state index in [9.17, 15) is 4.79 Å². The van der Waals surface area contributed by atoms with E-state index in [4.69, 9.17) is 9.47 Å². The number of thioether (sulfide) groups is 1. The summed E-state index contributed by atoms with van der Waals surface area (Å²) in [6, 6.07) is 16.2. The monoisotopic (exact) mass is 380 g/mol. The van der Waals surface area contributed by atoms with Crippen LogP contribution in [0.3, 0.4) is 0 Å². The van der Waals surface area contributed by atoms with Gasteiger partial charge in [0.25, 0.3) is 0 Å². The van der Waals surface area contributed by atoms with Crippen molar-refractivity contribution in [2.45, 2.75) is 43.8 Å². The second-order valence-corrected chi connectivity index (χ2v) is 8.98. The third kappa shape index (κ3) is 3.51. The molecule has 0 radical (unpaired) electrons. The fourth-order valence-electron chi connectivity index (χ4n) is 3.82. The minimum absolute atomic E-state index is 0.0739. The van der Waals surface area contributed by atoms with Crippen LogP contribution in [0.15, 0.2) is 64.8 Å². The van der Waals surface area contributed by atoms with Gasteiger partial charge in [-0.25, -0.2) is 0 Å². The summed E-state index contributed by atoms with van der Waals surface area (Å²) in [5.41, 5.74) is 1.75. The first-order valence-corrected chi connectivity index (χ1v) is 10.3. The molecule has 0 spiro atoms. The van der Waals surface area contributed by atoms with Crippen molar-refractivity contribution in [3.05, 3.63) is 65.4 Å². The number of carbonyl (C=O) groups excluding carboxylic acids is 1. The van der Waals surface area contributed by atoms with Gasteiger partial charge in [0, 0.05) is 23.3 Å². The van der Waals surface area contributed by atoms with E-state index in [2.05, 4.69) is 32.0 Å². The molecule has 2 aliphatic rings. The van der Waals surface area contributed by atoms with Gasteiger partial charge in [0.15, 0.2) is 17.3 Å². The number of ether oxygens (including phenoxy) is 2. The average molecular weight is 381 g/mol. The van der Waals surface area contributed by atoms with Gasteiger partial charge in [-0.1, -0.05) is 44.2 Å². The summed E-state index contributed by atoms with van der Waals surface area (Å²) >= 11 is 1.71. The first-order chi connectivity index (χ1) is 13.0. The lowest BCUT2D eigenvalue weighted by Crippen LogP contribution is -2.32. The summed E-state index contributed by atoms with van der Waals surface area (Å²) in [5.74, 6) is 2.51. The molecule has 1 heterocycles. The highest BCUT2D eigenvalue weighted by Crippen LogP contribution is 2.55. The molecule has 1 aliphatic heterocycles. The maximum atomic E-state index is 13.1. The first-order valence-electron chi connectivity index (χ1n) is 9.40. The summed E-state index contributed by atoms with van der Waals surface area (Å²) in [4.78, 5) is 14.2. The highest BCUT2D eigenvalue weighted by atomic mass is 32.2. The van der Waals surface area contributed by atoms with Crippen molar-refractivity contribution in [2.24, 2.45) is 5.41 Å². The number of hydrogen-bond donors (Lipinski definition) is 0. The van der Waals surface area contributed by atoms with Crippen molar-refractivity contribution in [1.29, 1.82) is 0 Å². The molecule has 0 aromatic heterocycles. The third-order valence-corrected chi connectivity index (χ3v) is 6.22. The zero-order valence-corrected chi connectivity index (χ0v) is 16.8. The van der Waals surface area contributed by atoms with E-state index < -0.39 is 0 Å². The Bertz CT molecular complexity index is 899. The molecule has 0 fully saturated rings. The van der Waals surface area contributed by atoms with Crippen molar-refractivity contribution in [3.63, 3.8) is 0 Å². The van der Waals surface area contributed by atoms with Crippen LogP contribution in [-0.4, -0.2) is 12.4 Å². The number of benzene rings is 2. The summed E-state index contributed by atoms with van der Waals surface area (Å²) < 4.78 is 12.1. The van der Waals surface area contributed by atoms with Crippen LogP contribution in [0.4, 0.5) is 0 Å². The Morgan fingerprint density at radius 3 is 2.63 bits per heavy atom. The van der Waals surface area contributed by atoms with Gasteiger partial charge in [-0.3, -0.25) is 4.79 Å². The van der Waals surface area contributed by atoms with E-state index >= 15 is 0 Å². The molecule has 2 aromatic carbocycles. The predicted octanol–water partition coefficient (Wildman–Crippen LogP) is 5.95. The molecule has 1 atom stereocenters. The molecule has 0 saturated heterocycles. The van der Waals surface area contributed by atoms with E-state index in [1.165, 1.54) is 0 Å². The lowest BCUT2D eigenvalue weighted by molar-refractivity contribution is -0.118. The fraction of sp³-hybridized carbons (Fsp3) is 0.348. The lowest BCUT2D eigenvalue weighted by atomic mass is 9.74. The quantitative estimate of drug-likeness (QED) is 0.656. The summed E-state index contributed by atoms with van der Waals surface area (Å²) in [6.07, 6.45) is 1.32. The molecule has 4 rings (SSSR count). The fourth-order valence-corrected chi connectivity index (χ4v) is 5.09. The minimum atomic E-state index is -0.0874. The van der Waals surface area contributed by atoms with E-state index in [0.29, 0.717) is 13.0 Å². The van der Waals surface area contributed by atoms with Gasteiger partial charge >= 0.3 is 0 Å². The van der Waals surface area contributed by atoms with Crippen LogP contribution in [-0.2, 0) is 4.79 Å². The van der Waals surface area contributed by atoms with Crippen LogP contribution in [0, 0.1) is 5.41 Å². The topological polar surface area (TPSA) is 35.5 Å². The molecule has 0 saturated carbocycles. The SMILES string of the molecule is CCOc1cccc2c1OC1=C(C(=O)CC(C)(C)C1)C2Sc1ccccc1. The second-order valence-electron chi connectivity index (χ2n) is 7.80.